The summed E-state index contributed by atoms with van der Waals surface area (Å²) in [6.07, 6.45) is 12.9. The average Bonchev–Trinajstić information content (AvgIpc) is 3.47. The molecular formula is C21H28N6S2. The molecule has 0 aromatic carbocycles. The molecule has 2 aliphatic carbocycles. The van der Waals surface area contributed by atoms with E-state index >= 15 is 0 Å². The smallest absolute Gasteiger partial charge is 0.191 e. The second kappa shape index (κ2) is 8.22. The molecule has 29 heavy (non-hydrogen) atoms. The van der Waals surface area contributed by atoms with E-state index in [1.165, 1.54) is 60.8 Å². The summed E-state index contributed by atoms with van der Waals surface area (Å²) in [7, 11) is 0. The lowest BCUT2D eigenvalue weighted by Gasteiger charge is -2.16. The quantitative estimate of drug-likeness (QED) is 0.424. The average molecular weight is 429 g/mol. The molecule has 1 fully saturated rings. The van der Waals surface area contributed by atoms with Crippen LogP contribution in [0, 0.1) is 6.92 Å². The number of thioether (sulfide) groups is 1. The van der Waals surface area contributed by atoms with Gasteiger partial charge in [0.25, 0.3) is 0 Å². The molecule has 6 nitrogen and oxygen atoms in total. The Bertz CT molecular complexity index is 1020. The summed E-state index contributed by atoms with van der Waals surface area (Å²) in [5, 5.41) is 14.9. The Morgan fingerprint density at radius 2 is 2.00 bits per heavy atom. The Labute approximate surface area is 179 Å². The van der Waals surface area contributed by atoms with Crippen molar-refractivity contribution >= 4 is 39.1 Å². The molecule has 3 aromatic heterocycles. The molecule has 0 aliphatic heterocycles. The van der Waals surface area contributed by atoms with E-state index < -0.39 is 0 Å². The van der Waals surface area contributed by atoms with Gasteiger partial charge >= 0.3 is 0 Å². The van der Waals surface area contributed by atoms with Gasteiger partial charge in [-0.2, -0.15) is 0 Å². The van der Waals surface area contributed by atoms with Crippen LogP contribution in [0.4, 0.5) is 5.82 Å². The standard InChI is InChI=1S/C21H28N6S2/c1-13-23-19(18-15-9-5-10-16(15)29-20(18)24-13)22-12-6-11-17-25-26-21(28-2)27(17)14-7-3-4-8-14/h14H,3-12H2,1-2H3,(H,22,23,24). The molecule has 5 rings (SSSR count). The molecule has 1 N–H and O–H groups in total. The monoisotopic (exact) mass is 428 g/mol. The largest absolute Gasteiger partial charge is 0.369 e. The lowest BCUT2D eigenvalue weighted by molar-refractivity contribution is 0.461. The van der Waals surface area contributed by atoms with E-state index in [9.17, 15) is 0 Å². The number of aromatic nitrogens is 5. The maximum absolute atomic E-state index is 4.74. The molecule has 0 spiro atoms. The number of nitrogens with one attached hydrogen (secondary N) is 1. The molecular weight excluding hydrogens is 400 g/mol. The van der Waals surface area contributed by atoms with Crippen molar-refractivity contribution in [2.24, 2.45) is 0 Å². The molecule has 8 heteroatoms. The van der Waals surface area contributed by atoms with Gasteiger partial charge in [0, 0.05) is 23.9 Å². The van der Waals surface area contributed by atoms with E-state index in [1.807, 2.05) is 18.3 Å². The van der Waals surface area contributed by atoms with Gasteiger partial charge in [0.1, 0.15) is 22.3 Å². The maximum Gasteiger partial charge on any atom is 0.191 e. The Morgan fingerprint density at radius 1 is 1.14 bits per heavy atom. The van der Waals surface area contributed by atoms with E-state index in [4.69, 9.17) is 4.98 Å². The number of hydrogen-bond acceptors (Lipinski definition) is 7. The fourth-order valence-electron chi connectivity index (χ4n) is 4.83. The minimum Gasteiger partial charge on any atom is -0.369 e. The molecule has 0 atom stereocenters. The van der Waals surface area contributed by atoms with Gasteiger partial charge in [-0.25, -0.2) is 9.97 Å². The molecule has 0 unspecified atom stereocenters. The van der Waals surface area contributed by atoms with Crippen LogP contribution in [0.15, 0.2) is 5.16 Å². The first kappa shape index (κ1) is 19.3. The lowest BCUT2D eigenvalue weighted by Crippen LogP contribution is -2.12. The fraction of sp³-hybridized carbons (Fsp3) is 0.619. The number of thiophene rings is 1. The number of nitrogens with zero attached hydrogens (tertiary/aromatic N) is 5. The highest BCUT2D eigenvalue weighted by Crippen LogP contribution is 2.39. The van der Waals surface area contributed by atoms with Gasteiger partial charge in [-0.1, -0.05) is 24.6 Å². The molecule has 0 radical (unpaired) electrons. The van der Waals surface area contributed by atoms with E-state index in [1.54, 1.807) is 11.8 Å². The summed E-state index contributed by atoms with van der Waals surface area (Å²) in [4.78, 5) is 12.1. The van der Waals surface area contributed by atoms with E-state index in [0.29, 0.717) is 6.04 Å². The summed E-state index contributed by atoms with van der Waals surface area (Å²) in [6, 6.07) is 0.591. The molecule has 1 saturated carbocycles. The molecule has 0 saturated heterocycles. The minimum atomic E-state index is 0.591. The third kappa shape index (κ3) is 3.65. The SMILES string of the molecule is CSc1nnc(CCCNc2nc(C)nc3sc4c(c23)CCC4)n1C1CCCC1. The third-order valence-corrected chi connectivity index (χ3v) is 7.98. The van der Waals surface area contributed by atoms with Crippen LogP contribution in [0.25, 0.3) is 10.2 Å². The van der Waals surface area contributed by atoms with Crippen molar-refractivity contribution in [3.05, 3.63) is 22.1 Å². The highest BCUT2D eigenvalue weighted by atomic mass is 32.2. The van der Waals surface area contributed by atoms with Crippen LogP contribution in [0.5, 0.6) is 0 Å². The summed E-state index contributed by atoms with van der Waals surface area (Å²) in [5.41, 5.74) is 1.48. The molecule has 0 amide bonds. The summed E-state index contributed by atoms with van der Waals surface area (Å²) >= 11 is 3.57. The number of anilines is 1. The van der Waals surface area contributed by atoms with Crippen LogP contribution in [0.3, 0.4) is 0 Å². The Morgan fingerprint density at radius 3 is 2.83 bits per heavy atom. The van der Waals surface area contributed by atoms with E-state index in [-0.39, 0.29) is 0 Å². The van der Waals surface area contributed by atoms with Gasteiger partial charge in [-0.05, 0) is 57.3 Å². The van der Waals surface area contributed by atoms with Gasteiger partial charge in [0.05, 0.1) is 5.39 Å². The van der Waals surface area contributed by atoms with Crippen LogP contribution in [0.1, 0.15) is 66.7 Å². The first-order chi connectivity index (χ1) is 14.2. The molecule has 0 bridgehead atoms. The molecule has 3 aromatic rings. The Balaban J connectivity index is 1.29. The minimum absolute atomic E-state index is 0.591. The second-order valence-electron chi connectivity index (χ2n) is 8.10. The summed E-state index contributed by atoms with van der Waals surface area (Å²) < 4.78 is 2.41. The molecule has 154 valence electrons. The number of aryl methyl sites for hydroxylation is 4. The Hall–Kier alpha value is -1.67. The van der Waals surface area contributed by atoms with Gasteiger partial charge < -0.3 is 9.88 Å². The van der Waals surface area contributed by atoms with Crippen molar-refractivity contribution in [1.82, 2.24) is 24.7 Å². The van der Waals surface area contributed by atoms with Crippen LogP contribution in [-0.2, 0) is 19.3 Å². The first-order valence-corrected chi connectivity index (χ1v) is 12.8. The predicted octanol–water partition coefficient (Wildman–Crippen LogP) is 4.96. The fourth-order valence-corrected chi connectivity index (χ4v) is 6.71. The van der Waals surface area contributed by atoms with Crippen LogP contribution in [-0.4, -0.2) is 37.5 Å². The van der Waals surface area contributed by atoms with Gasteiger partial charge in [0.2, 0.25) is 0 Å². The van der Waals surface area contributed by atoms with E-state index in [0.717, 1.165) is 46.8 Å². The number of rotatable bonds is 7. The summed E-state index contributed by atoms with van der Waals surface area (Å²) in [6.45, 7) is 2.88. The van der Waals surface area contributed by atoms with E-state index in [2.05, 4.69) is 31.3 Å². The van der Waals surface area contributed by atoms with Crippen LogP contribution < -0.4 is 5.32 Å². The number of hydrogen-bond donors (Lipinski definition) is 1. The van der Waals surface area contributed by atoms with Crippen molar-refractivity contribution < 1.29 is 0 Å². The normalized spacial score (nSPS) is 16.8. The topological polar surface area (TPSA) is 68.5 Å². The van der Waals surface area contributed by atoms with Crippen molar-refractivity contribution in [3.8, 4) is 0 Å². The van der Waals surface area contributed by atoms with Gasteiger partial charge in [-0.15, -0.1) is 21.5 Å². The van der Waals surface area contributed by atoms with Crippen LogP contribution >= 0.6 is 23.1 Å². The molecule has 3 heterocycles. The zero-order chi connectivity index (χ0) is 19.8. The van der Waals surface area contributed by atoms with Gasteiger partial charge in [-0.3, -0.25) is 0 Å². The van der Waals surface area contributed by atoms with Gasteiger partial charge in [0.15, 0.2) is 5.16 Å². The predicted molar refractivity (Wildman–Crippen MR) is 120 cm³/mol. The van der Waals surface area contributed by atoms with Crippen LogP contribution in [0.2, 0.25) is 0 Å². The zero-order valence-corrected chi connectivity index (χ0v) is 18.8. The highest BCUT2D eigenvalue weighted by Gasteiger charge is 2.24. The highest BCUT2D eigenvalue weighted by molar-refractivity contribution is 7.98. The second-order valence-corrected chi connectivity index (χ2v) is 9.96. The zero-order valence-electron chi connectivity index (χ0n) is 17.2. The Kier molecular flexibility index (Phi) is 5.47. The lowest BCUT2D eigenvalue weighted by atomic mass is 10.2. The third-order valence-electron chi connectivity index (χ3n) is 6.15. The maximum atomic E-state index is 4.74. The van der Waals surface area contributed by atoms with Crippen molar-refractivity contribution in [1.29, 1.82) is 0 Å². The summed E-state index contributed by atoms with van der Waals surface area (Å²) in [5.74, 6) is 3.02. The molecule has 2 aliphatic rings. The first-order valence-electron chi connectivity index (χ1n) is 10.7. The number of fused-ring (bicyclic) bond motifs is 3. The van der Waals surface area contributed by atoms with Crippen molar-refractivity contribution in [2.45, 2.75) is 75.9 Å². The van der Waals surface area contributed by atoms with Crippen molar-refractivity contribution in [3.63, 3.8) is 0 Å². The van der Waals surface area contributed by atoms with Crippen molar-refractivity contribution in [2.75, 3.05) is 18.1 Å².